The molecule has 0 spiro atoms. The van der Waals surface area contributed by atoms with Gasteiger partial charge in [0.25, 0.3) is 0 Å². The minimum Gasteiger partial charge on any atom is -0.394 e. The molecule has 1 aromatic heterocycles. The van der Waals surface area contributed by atoms with E-state index in [2.05, 4.69) is 12.0 Å². The van der Waals surface area contributed by atoms with Crippen molar-refractivity contribution in [2.24, 2.45) is 12.8 Å². The number of amides is 1. The van der Waals surface area contributed by atoms with Crippen LogP contribution in [0.15, 0.2) is 6.20 Å². The molecule has 0 aliphatic rings. The molecule has 16 heavy (non-hydrogen) atoms. The van der Waals surface area contributed by atoms with Gasteiger partial charge in [-0.05, 0) is 6.42 Å². The van der Waals surface area contributed by atoms with Crippen LogP contribution in [0.3, 0.4) is 0 Å². The maximum Gasteiger partial charge on any atom is 0.237 e. The van der Waals surface area contributed by atoms with Gasteiger partial charge in [0.15, 0.2) is 5.82 Å². The van der Waals surface area contributed by atoms with E-state index in [1.54, 1.807) is 17.9 Å². The molecular weight excluding hydrogens is 206 g/mol. The zero-order valence-corrected chi connectivity index (χ0v) is 9.81. The van der Waals surface area contributed by atoms with Crippen LogP contribution < -0.4 is 16.4 Å². The van der Waals surface area contributed by atoms with Crippen LogP contribution in [0.1, 0.15) is 19.8 Å². The van der Waals surface area contributed by atoms with Crippen LogP contribution in [0.4, 0.5) is 11.5 Å². The highest BCUT2D eigenvalue weighted by atomic mass is 16.1. The molecule has 4 N–H and O–H groups in total. The Balaban J connectivity index is 2.82. The molecule has 0 aliphatic heterocycles. The molecule has 0 aromatic carbocycles. The second-order valence-corrected chi connectivity index (χ2v) is 3.82. The van der Waals surface area contributed by atoms with E-state index >= 15 is 0 Å². The lowest BCUT2D eigenvalue weighted by Gasteiger charge is -2.20. The number of anilines is 2. The largest absolute Gasteiger partial charge is 0.394 e. The fraction of sp³-hybridized carbons (Fsp3) is 0.600. The number of rotatable bonds is 6. The van der Waals surface area contributed by atoms with Crippen molar-refractivity contribution in [3.63, 3.8) is 0 Å². The first kappa shape index (κ1) is 12.4. The Bertz CT molecular complexity index is 360. The highest BCUT2D eigenvalue weighted by molar-refractivity contribution is 5.80. The summed E-state index contributed by atoms with van der Waals surface area (Å²) in [4.78, 5) is 12.8. The smallest absolute Gasteiger partial charge is 0.237 e. The van der Waals surface area contributed by atoms with Crippen LogP contribution in [0, 0.1) is 0 Å². The first-order valence-corrected chi connectivity index (χ1v) is 5.37. The zero-order valence-electron chi connectivity index (χ0n) is 9.81. The average Bonchev–Trinajstić information content (AvgIpc) is 2.52. The number of nitrogens with two attached hydrogens (primary N) is 2. The van der Waals surface area contributed by atoms with Gasteiger partial charge in [0.05, 0.1) is 12.2 Å². The quantitative estimate of drug-likeness (QED) is 0.718. The molecule has 1 amide bonds. The van der Waals surface area contributed by atoms with Gasteiger partial charge < -0.3 is 16.4 Å². The molecule has 1 rings (SSSR count). The molecule has 90 valence electrons. The highest BCUT2D eigenvalue weighted by Gasteiger charge is 2.15. The predicted octanol–water partition coefficient (Wildman–Crippen LogP) is 0.0941. The number of carbonyl (C=O) groups excluding carboxylic acids is 1. The van der Waals surface area contributed by atoms with E-state index in [0.717, 1.165) is 19.4 Å². The molecule has 0 bridgehead atoms. The van der Waals surface area contributed by atoms with E-state index in [9.17, 15) is 4.79 Å². The van der Waals surface area contributed by atoms with Gasteiger partial charge in [-0.25, -0.2) is 0 Å². The Morgan fingerprint density at radius 3 is 2.75 bits per heavy atom. The Hall–Kier alpha value is -1.72. The molecule has 0 atom stereocenters. The van der Waals surface area contributed by atoms with E-state index in [1.807, 2.05) is 4.90 Å². The van der Waals surface area contributed by atoms with E-state index in [1.165, 1.54) is 0 Å². The number of hydrogen-bond donors (Lipinski definition) is 2. The number of nitrogen functional groups attached to an aromatic ring is 1. The summed E-state index contributed by atoms with van der Waals surface area (Å²) in [5.74, 6) is 0.260. The summed E-state index contributed by atoms with van der Waals surface area (Å²) in [5, 5.41) is 4.23. The summed E-state index contributed by atoms with van der Waals surface area (Å²) in [5.41, 5.74) is 11.6. The molecule has 0 unspecified atom stereocenters. The van der Waals surface area contributed by atoms with Crippen LogP contribution in [-0.4, -0.2) is 28.8 Å². The standard InChI is InChI=1S/C10H19N5O/c1-3-4-5-15(7-9(12)16)10-8(11)6-14(2)13-10/h6H,3-5,7,11H2,1-2H3,(H2,12,16). The van der Waals surface area contributed by atoms with Crippen LogP contribution in [-0.2, 0) is 11.8 Å². The molecular formula is C10H19N5O. The number of hydrogen-bond acceptors (Lipinski definition) is 4. The van der Waals surface area contributed by atoms with Crippen molar-refractivity contribution < 1.29 is 4.79 Å². The Morgan fingerprint density at radius 1 is 1.62 bits per heavy atom. The van der Waals surface area contributed by atoms with Gasteiger partial charge in [0, 0.05) is 19.8 Å². The Labute approximate surface area is 95.2 Å². The number of aromatic nitrogens is 2. The molecule has 1 aromatic rings. The molecule has 0 saturated carbocycles. The molecule has 1 heterocycles. The van der Waals surface area contributed by atoms with Gasteiger partial charge in [-0.15, -0.1) is 0 Å². The molecule has 0 saturated heterocycles. The summed E-state index contributed by atoms with van der Waals surface area (Å²) >= 11 is 0. The van der Waals surface area contributed by atoms with Crippen molar-refractivity contribution in [1.82, 2.24) is 9.78 Å². The van der Waals surface area contributed by atoms with Gasteiger partial charge in [-0.3, -0.25) is 9.48 Å². The second-order valence-electron chi connectivity index (χ2n) is 3.82. The van der Waals surface area contributed by atoms with Crippen molar-refractivity contribution >= 4 is 17.4 Å². The van der Waals surface area contributed by atoms with Gasteiger partial charge in [-0.2, -0.15) is 5.10 Å². The Morgan fingerprint density at radius 2 is 2.31 bits per heavy atom. The van der Waals surface area contributed by atoms with Crippen molar-refractivity contribution in [1.29, 1.82) is 0 Å². The van der Waals surface area contributed by atoms with Crippen molar-refractivity contribution in [2.75, 3.05) is 23.7 Å². The fourth-order valence-corrected chi connectivity index (χ4v) is 1.54. The third kappa shape index (κ3) is 3.15. The van der Waals surface area contributed by atoms with Gasteiger partial charge >= 0.3 is 0 Å². The molecule has 0 fully saturated rings. The highest BCUT2D eigenvalue weighted by Crippen LogP contribution is 2.20. The van der Waals surface area contributed by atoms with Crippen molar-refractivity contribution in [3.05, 3.63) is 6.20 Å². The van der Waals surface area contributed by atoms with Crippen LogP contribution >= 0.6 is 0 Å². The second kappa shape index (κ2) is 5.39. The summed E-state index contributed by atoms with van der Waals surface area (Å²) in [7, 11) is 1.79. The first-order valence-electron chi connectivity index (χ1n) is 5.37. The predicted molar refractivity (Wildman–Crippen MR) is 63.9 cm³/mol. The SMILES string of the molecule is CCCCN(CC(N)=O)c1nn(C)cc1N. The van der Waals surface area contributed by atoms with Gasteiger partial charge in [-0.1, -0.05) is 13.3 Å². The zero-order chi connectivity index (χ0) is 12.1. The first-order chi connectivity index (χ1) is 7.54. The minimum absolute atomic E-state index is 0.154. The van der Waals surface area contributed by atoms with Crippen LogP contribution in [0.2, 0.25) is 0 Å². The number of primary amides is 1. The molecule has 6 nitrogen and oxygen atoms in total. The van der Waals surface area contributed by atoms with E-state index in [0.29, 0.717) is 11.5 Å². The van der Waals surface area contributed by atoms with E-state index in [4.69, 9.17) is 11.5 Å². The lowest BCUT2D eigenvalue weighted by molar-refractivity contribution is -0.116. The Kier molecular flexibility index (Phi) is 4.16. The maximum atomic E-state index is 11.0. The average molecular weight is 225 g/mol. The van der Waals surface area contributed by atoms with E-state index in [-0.39, 0.29) is 12.5 Å². The summed E-state index contributed by atoms with van der Waals surface area (Å²) in [6.07, 6.45) is 3.74. The normalized spacial score (nSPS) is 10.4. The topological polar surface area (TPSA) is 90.2 Å². The molecule has 0 aliphatic carbocycles. The third-order valence-corrected chi connectivity index (χ3v) is 2.26. The van der Waals surface area contributed by atoms with Gasteiger partial charge in [0.1, 0.15) is 0 Å². The number of unbranched alkanes of at least 4 members (excludes halogenated alkanes) is 1. The third-order valence-electron chi connectivity index (χ3n) is 2.26. The van der Waals surface area contributed by atoms with Crippen LogP contribution in [0.5, 0.6) is 0 Å². The number of aryl methyl sites for hydroxylation is 1. The molecule has 6 heteroatoms. The van der Waals surface area contributed by atoms with Gasteiger partial charge in [0.2, 0.25) is 5.91 Å². The number of carbonyl (C=O) groups is 1. The lowest BCUT2D eigenvalue weighted by atomic mass is 10.3. The minimum atomic E-state index is -0.374. The van der Waals surface area contributed by atoms with Crippen molar-refractivity contribution in [3.8, 4) is 0 Å². The molecule has 0 radical (unpaired) electrons. The summed E-state index contributed by atoms with van der Waals surface area (Å²) in [6.45, 7) is 2.98. The lowest BCUT2D eigenvalue weighted by Crippen LogP contribution is -2.35. The monoisotopic (exact) mass is 225 g/mol. The number of nitrogens with zero attached hydrogens (tertiary/aromatic N) is 3. The summed E-state index contributed by atoms with van der Waals surface area (Å²) in [6, 6.07) is 0. The fourth-order valence-electron chi connectivity index (χ4n) is 1.54. The van der Waals surface area contributed by atoms with Crippen molar-refractivity contribution in [2.45, 2.75) is 19.8 Å². The van der Waals surface area contributed by atoms with Crippen LogP contribution in [0.25, 0.3) is 0 Å². The maximum absolute atomic E-state index is 11.0. The van der Waals surface area contributed by atoms with E-state index < -0.39 is 0 Å². The summed E-state index contributed by atoms with van der Waals surface area (Å²) < 4.78 is 1.63.